The van der Waals surface area contributed by atoms with Gasteiger partial charge in [0.25, 0.3) is 5.17 Å². The molecule has 0 spiro atoms. The molecule has 122 valence electrons. The summed E-state index contributed by atoms with van der Waals surface area (Å²) in [5, 5.41) is 3.48. The topological polar surface area (TPSA) is 38.3 Å². The Balaban J connectivity index is 1.61. The predicted molar refractivity (Wildman–Crippen MR) is 99.8 cm³/mol. The summed E-state index contributed by atoms with van der Waals surface area (Å²) in [5.41, 5.74) is 5.14. The highest BCUT2D eigenvalue weighted by atomic mass is 32.1. The van der Waals surface area contributed by atoms with Gasteiger partial charge in [0.1, 0.15) is 12.5 Å². The maximum Gasteiger partial charge on any atom is 0.256 e. The van der Waals surface area contributed by atoms with Crippen LogP contribution < -0.4 is 5.32 Å². The third-order valence-corrected chi connectivity index (χ3v) is 4.48. The molecular weight excluding hydrogens is 318 g/mol. The Morgan fingerprint density at radius 1 is 1.12 bits per heavy atom. The molecule has 2 aromatic carbocycles. The van der Waals surface area contributed by atoms with Crippen molar-refractivity contribution < 1.29 is 9.53 Å². The molecule has 0 aromatic heterocycles. The van der Waals surface area contributed by atoms with Gasteiger partial charge in [-0.25, -0.2) is 4.79 Å². The fourth-order valence-electron chi connectivity index (χ4n) is 3.10. The lowest BCUT2D eigenvalue weighted by molar-refractivity contribution is 0.286. The first kappa shape index (κ1) is 16.4. The second-order valence-electron chi connectivity index (χ2n) is 5.72. The van der Waals surface area contributed by atoms with Gasteiger partial charge < -0.3 is 10.1 Å². The van der Waals surface area contributed by atoms with Crippen LogP contribution in [0.5, 0.6) is 0 Å². The summed E-state index contributed by atoms with van der Waals surface area (Å²) in [6.45, 7) is 1.21. The molecule has 0 bridgehead atoms. The van der Waals surface area contributed by atoms with E-state index in [2.05, 4.69) is 53.8 Å². The molecule has 1 aliphatic rings. The molecule has 0 saturated carbocycles. The normalized spacial score (nSPS) is 12.0. The minimum Gasteiger partial charge on any atom is -0.470 e. The van der Waals surface area contributed by atoms with Crippen LogP contribution in [0.1, 0.15) is 29.9 Å². The Morgan fingerprint density at radius 2 is 1.75 bits per heavy atom. The van der Waals surface area contributed by atoms with Crippen LogP contribution in [-0.4, -0.2) is 24.3 Å². The average molecular weight is 337 g/mol. The Labute approximate surface area is 147 Å². The van der Waals surface area contributed by atoms with Crippen molar-refractivity contribution in [2.24, 2.45) is 0 Å². The van der Waals surface area contributed by atoms with Gasteiger partial charge in [0.05, 0.1) is 0 Å². The van der Waals surface area contributed by atoms with Gasteiger partial charge >= 0.3 is 0 Å². The number of benzene rings is 2. The van der Waals surface area contributed by atoms with E-state index in [1.807, 2.05) is 0 Å². The summed E-state index contributed by atoms with van der Waals surface area (Å²) >= 11 is 5.24. The van der Waals surface area contributed by atoms with Crippen LogP contribution in [0, 0.1) is 0 Å². The first-order chi connectivity index (χ1) is 11.8. The molecule has 1 N–H and O–H groups in total. The quantitative estimate of drug-likeness (QED) is 0.493. The second kappa shape index (κ2) is 7.91. The Bertz CT molecular complexity index is 735. The van der Waals surface area contributed by atoms with E-state index in [1.54, 1.807) is 5.94 Å². The number of carbonyl (C=O) groups excluding carboxylic acids is 1. The second-order valence-corrected chi connectivity index (χ2v) is 6.09. The number of thiocarbonyl (C=S) groups is 1. The van der Waals surface area contributed by atoms with Crippen LogP contribution in [0.2, 0.25) is 0 Å². The molecule has 0 atom stereocenters. The molecular formula is C20H19NO2S. The van der Waals surface area contributed by atoms with Crippen molar-refractivity contribution in [3.63, 3.8) is 0 Å². The van der Waals surface area contributed by atoms with E-state index < -0.39 is 0 Å². The van der Waals surface area contributed by atoms with Crippen LogP contribution in [-0.2, 0) is 9.53 Å². The van der Waals surface area contributed by atoms with E-state index in [4.69, 9.17) is 17.0 Å². The lowest BCUT2D eigenvalue weighted by Gasteiger charge is -2.16. The first-order valence-corrected chi connectivity index (χ1v) is 8.50. The molecule has 4 heteroatoms. The van der Waals surface area contributed by atoms with Crippen molar-refractivity contribution in [3.8, 4) is 11.1 Å². The van der Waals surface area contributed by atoms with Crippen molar-refractivity contribution in [1.82, 2.24) is 5.32 Å². The third kappa shape index (κ3) is 3.56. The van der Waals surface area contributed by atoms with Crippen molar-refractivity contribution in [2.75, 3.05) is 13.2 Å². The largest absolute Gasteiger partial charge is 0.470 e. The molecule has 0 fully saturated rings. The Morgan fingerprint density at radius 3 is 2.38 bits per heavy atom. The van der Waals surface area contributed by atoms with Gasteiger partial charge in [-0.05, 0) is 53.4 Å². The van der Waals surface area contributed by atoms with Gasteiger partial charge in [0, 0.05) is 12.5 Å². The van der Waals surface area contributed by atoms with Crippen molar-refractivity contribution >= 4 is 23.3 Å². The highest BCUT2D eigenvalue weighted by Gasteiger charge is 2.28. The van der Waals surface area contributed by atoms with E-state index in [1.165, 1.54) is 28.3 Å². The summed E-state index contributed by atoms with van der Waals surface area (Å²) in [5.74, 6) is 1.97. The van der Waals surface area contributed by atoms with E-state index in [9.17, 15) is 4.79 Å². The smallest absolute Gasteiger partial charge is 0.256 e. The summed E-state index contributed by atoms with van der Waals surface area (Å²) in [7, 11) is 0. The average Bonchev–Trinajstić information content (AvgIpc) is 2.94. The maximum absolute atomic E-state index is 10.1. The minimum atomic E-state index is 0.204. The summed E-state index contributed by atoms with van der Waals surface area (Å²) in [4.78, 5) is 10.1. The molecule has 1 aliphatic carbocycles. The van der Waals surface area contributed by atoms with Gasteiger partial charge in [0.2, 0.25) is 0 Å². The molecule has 3 nitrogen and oxygen atoms in total. The standard InChI is InChI=1S/C20H19NO2S/c22-13-7-1-6-12-21-20(24)23-14-19-17-10-4-2-8-15(17)16-9-3-5-11-18(16)19/h2-5,7-11,19H,1,6,12,14H2,(H,21,24). The highest BCUT2D eigenvalue weighted by molar-refractivity contribution is 7.80. The minimum absolute atomic E-state index is 0.204. The van der Waals surface area contributed by atoms with Gasteiger partial charge in [-0.3, -0.25) is 0 Å². The molecule has 0 amide bonds. The molecule has 0 aliphatic heterocycles. The monoisotopic (exact) mass is 337 g/mol. The number of nitrogens with one attached hydrogen (secondary N) is 1. The molecule has 2 aromatic rings. The fourth-order valence-corrected chi connectivity index (χ4v) is 3.27. The molecule has 0 unspecified atom stereocenters. The molecule has 3 rings (SSSR count). The number of hydrogen-bond acceptors (Lipinski definition) is 3. The Kier molecular flexibility index (Phi) is 5.42. The number of ether oxygens (including phenoxy) is 1. The van der Waals surface area contributed by atoms with Crippen LogP contribution in [0.15, 0.2) is 54.6 Å². The zero-order valence-electron chi connectivity index (χ0n) is 13.3. The zero-order valence-corrected chi connectivity index (χ0v) is 14.1. The maximum atomic E-state index is 10.1. The molecule has 0 radical (unpaired) electrons. The van der Waals surface area contributed by atoms with Gasteiger partial charge in [-0.2, -0.15) is 0 Å². The number of hydrogen-bond donors (Lipinski definition) is 1. The van der Waals surface area contributed by atoms with E-state index in [0.29, 0.717) is 24.7 Å². The third-order valence-electron chi connectivity index (χ3n) is 4.22. The van der Waals surface area contributed by atoms with Crippen molar-refractivity contribution in [3.05, 3.63) is 65.7 Å². The number of fused-ring (bicyclic) bond motifs is 3. The summed E-state index contributed by atoms with van der Waals surface area (Å²) in [6, 6.07) is 16.9. The molecule has 24 heavy (non-hydrogen) atoms. The Hall–Kier alpha value is -2.42. The van der Waals surface area contributed by atoms with E-state index >= 15 is 0 Å². The van der Waals surface area contributed by atoms with Crippen LogP contribution in [0.25, 0.3) is 11.1 Å². The van der Waals surface area contributed by atoms with Crippen LogP contribution in [0.3, 0.4) is 0 Å². The summed E-state index contributed by atoms with van der Waals surface area (Å²) in [6.07, 6.45) is 3.01. The van der Waals surface area contributed by atoms with Crippen molar-refractivity contribution in [2.45, 2.75) is 18.8 Å². The van der Waals surface area contributed by atoms with Gasteiger partial charge in [0.15, 0.2) is 0 Å². The first-order valence-electron chi connectivity index (χ1n) is 8.09. The predicted octanol–water partition coefficient (Wildman–Crippen LogP) is 3.86. The molecule has 0 saturated heterocycles. The van der Waals surface area contributed by atoms with Gasteiger partial charge in [-0.1, -0.05) is 48.5 Å². The lowest BCUT2D eigenvalue weighted by Crippen LogP contribution is -2.26. The summed E-state index contributed by atoms with van der Waals surface area (Å²) < 4.78 is 5.78. The zero-order chi connectivity index (χ0) is 16.8. The number of allylic oxidation sites excluding steroid dienone is 1. The van der Waals surface area contributed by atoms with E-state index in [0.717, 1.165) is 6.42 Å². The van der Waals surface area contributed by atoms with Crippen molar-refractivity contribution in [1.29, 1.82) is 0 Å². The van der Waals surface area contributed by atoms with Crippen LogP contribution >= 0.6 is 12.2 Å². The SMILES string of the molecule is O=C=CCCCNC(=S)OCC1c2ccccc2-c2ccccc21. The highest BCUT2D eigenvalue weighted by Crippen LogP contribution is 2.44. The van der Waals surface area contributed by atoms with E-state index in [-0.39, 0.29) is 5.92 Å². The lowest BCUT2D eigenvalue weighted by atomic mass is 9.98. The number of rotatable bonds is 6. The number of unbranched alkanes of at least 4 members (excludes halogenated alkanes) is 1. The fraction of sp³-hybridized carbons (Fsp3) is 0.250. The molecule has 0 heterocycles. The van der Waals surface area contributed by atoms with Crippen LogP contribution in [0.4, 0.5) is 0 Å². The van der Waals surface area contributed by atoms with Gasteiger partial charge in [-0.15, -0.1) is 0 Å².